The van der Waals surface area contributed by atoms with Crippen LogP contribution in [0.1, 0.15) is 0 Å². The quantitative estimate of drug-likeness (QED) is 0.244. The Morgan fingerprint density at radius 1 is 0.767 bits per heavy atom. The molecule has 0 aliphatic carbocycles. The third-order valence-electron chi connectivity index (χ3n) is 6.05. The smallest absolute Gasteiger partial charge is 0.343 e. The molecule has 0 radical (unpaired) electrons. The molecule has 15 nitrogen and oxygen atoms in total. The molecule has 6 aromatic heterocycles. The molecule has 0 amide bonds. The minimum Gasteiger partial charge on any atom is -0.343 e. The van der Waals surface area contributed by atoms with E-state index in [0.717, 1.165) is 32.4 Å². The van der Waals surface area contributed by atoms with Crippen molar-refractivity contribution in [3.63, 3.8) is 0 Å². The molecule has 8 aromatic rings. The van der Waals surface area contributed by atoms with E-state index in [1.54, 1.807) is 24.0 Å². The van der Waals surface area contributed by atoms with Gasteiger partial charge in [-0.15, -0.1) is 21.5 Å². The Hall–Kier alpha value is -5.45. The van der Waals surface area contributed by atoms with Gasteiger partial charge in [0.05, 0.1) is 54.5 Å². The summed E-state index contributed by atoms with van der Waals surface area (Å²) < 4.78 is 5.41. The summed E-state index contributed by atoms with van der Waals surface area (Å²) in [7, 11) is 0. The minimum absolute atomic E-state index is 0.245. The molecular formula is C25H13Cl2N13O2S. The van der Waals surface area contributed by atoms with Crippen LogP contribution in [0.15, 0.2) is 70.2 Å². The Morgan fingerprint density at radius 2 is 1.49 bits per heavy atom. The van der Waals surface area contributed by atoms with Gasteiger partial charge >= 0.3 is 5.76 Å². The summed E-state index contributed by atoms with van der Waals surface area (Å²) in [6.45, 7) is 0. The van der Waals surface area contributed by atoms with Crippen LogP contribution in [0.2, 0.25) is 10.0 Å². The van der Waals surface area contributed by atoms with Crippen LogP contribution < -0.4 is 5.76 Å². The molecule has 3 N–H and O–H groups in total. The fourth-order valence-corrected chi connectivity index (χ4v) is 5.41. The summed E-state index contributed by atoms with van der Waals surface area (Å²) in [4.78, 5) is 41.6. The number of rotatable bonds is 4. The van der Waals surface area contributed by atoms with E-state index in [1.165, 1.54) is 24.0 Å². The van der Waals surface area contributed by atoms with Crippen molar-refractivity contribution >= 4 is 55.8 Å². The highest BCUT2D eigenvalue weighted by Crippen LogP contribution is 2.32. The average Bonchev–Trinajstić information content (AvgIpc) is 3.85. The summed E-state index contributed by atoms with van der Waals surface area (Å²) in [6, 6.07) is 10.9. The second-order valence-corrected chi connectivity index (χ2v) is 10.3. The van der Waals surface area contributed by atoms with Crippen molar-refractivity contribution in [1.82, 2.24) is 65.7 Å². The zero-order chi connectivity index (χ0) is 29.3. The fraction of sp³-hybridized carbons (Fsp3) is 0. The number of benzene rings is 2. The molecule has 0 fully saturated rings. The zero-order valence-electron chi connectivity index (χ0n) is 21.2. The van der Waals surface area contributed by atoms with Crippen molar-refractivity contribution in [3.05, 3.63) is 81.5 Å². The van der Waals surface area contributed by atoms with Crippen molar-refractivity contribution in [2.24, 2.45) is 0 Å². The molecule has 0 bridgehead atoms. The first kappa shape index (κ1) is 26.4. The lowest BCUT2D eigenvalue weighted by molar-refractivity contribution is 0.387. The van der Waals surface area contributed by atoms with Gasteiger partial charge in [0, 0.05) is 11.1 Å². The Kier molecular flexibility index (Phi) is 6.82. The SMILES string of the molecule is Clc1cc(-c2cc(-c3nn[nH]n3)ncn2)cc2nc[nH]c12.O=c1[nH]c(-c2cc(-c3cc(Cl)c4scnc4c3)ncn2)no1. The lowest BCUT2D eigenvalue weighted by atomic mass is 10.1. The van der Waals surface area contributed by atoms with E-state index in [0.29, 0.717) is 38.6 Å². The number of hydrogen-bond acceptors (Lipinski definition) is 13. The predicted molar refractivity (Wildman–Crippen MR) is 157 cm³/mol. The van der Waals surface area contributed by atoms with Gasteiger partial charge in [-0.1, -0.05) is 28.4 Å². The topological polar surface area (TPSA) is 206 Å². The van der Waals surface area contributed by atoms with Gasteiger partial charge in [0.2, 0.25) is 11.6 Å². The van der Waals surface area contributed by atoms with Gasteiger partial charge in [-0.25, -0.2) is 34.7 Å². The molecule has 0 saturated heterocycles. The summed E-state index contributed by atoms with van der Waals surface area (Å²) in [6.07, 6.45) is 4.44. The van der Waals surface area contributed by atoms with E-state index in [2.05, 4.69) is 70.2 Å². The second kappa shape index (κ2) is 11.1. The summed E-state index contributed by atoms with van der Waals surface area (Å²) in [5.41, 5.74) is 8.14. The second-order valence-electron chi connectivity index (χ2n) is 8.67. The van der Waals surface area contributed by atoms with Crippen molar-refractivity contribution < 1.29 is 4.52 Å². The van der Waals surface area contributed by atoms with E-state index in [4.69, 9.17) is 23.2 Å². The van der Waals surface area contributed by atoms with Crippen LogP contribution in [0.4, 0.5) is 0 Å². The first-order chi connectivity index (χ1) is 21.0. The average molecular weight is 630 g/mol. The van der Waals surface area contributed by atoms with E-state index < -0.39 is 5.76 Å². The molecule has 43 heavy (non-hydrogen) atoms. The van der Waals surface area contributed by atoms with E-state index in [1.807, 2.05) is 24.3 Å². The van der Waals surface area contributed by atoms with Crippen LogP contribution >= 0.6 is 34.5 Å². The monoisotopic (exact) mass is 629 g/mol. The maximum atomic E-state index is 11.0. The normalized spacial score (nSPS) is 11.1. The van der Waals surface area contributed by atoms with E-state index in [-0.39, 0.29) is 5.82 Å². The summed E-state index contributed by atoms with van der Waals surface area (Å²) in [5, 5.41) is 18.5. The number of H-pyrrole nitrogens is 3. The Bertz CT molecular complexity index is 2280. The van der Waals surface area contributed by atoms with Gasteiger partial charge in [0.15, 0.2) is 0 Å². The molecule has 6 heterocycles. The van der Waals surface area contributed by atoms with Gasteiger partial charge in [-0.05, 0) is 41.6 Å². The number of tetrazole rings is 1. The zero-order valence-corrected chi connectivity index (χ0v) is 23.6. The Morgan fingerprint density at radius 3 is 2.23 bits per heavy atom. The molecule has 210 valence electrons. The Labute approximate surface area is 252 Å². The molecule has 0 spiro atoms. The van der Waals surface area contributed by atoms with Crippen molar-refractivity contribution in [1.29, 1.82) is 0 Å². The third-order valence-corrected chi connectivity index (χ3v) is 7.64. The van der Waals surface area contributed by atoms with Gasteiger partial charge in [-0.3, -0.25) is 9.51 Å². The standard InChI is InChI=1S/C13H6ClN5O2S.C12H7ClN8/c14-7-1-6(2-9-11(7)22-5-17-9)8-3-10(16-4-15-8)12-18-13(20)21-19-12;13-7-1-6(2-9-11(7)17-5-15-9)8-3-10(16-4-14-8)12-18-20-21-19-12/h1-5H,(H,18,19,20);1-5H,(H,15,17)(H,18,19,20,21). The van der Waals surface area contributed by atoms with Crippen molar-refractivity contribution in [2.45, 2.75) is 0 Å². The number of aromatic nitrogens is 13. The molecule has 18 heteroatoms. The van der Waals surface area contributed by atoms with E-state index >= 15 is 0 Å². The molecule has 0 aliphatic rings. The molecule has 0 unspecified atom stereocenters. The van der Waals surface area contributed by atoms with Crippen molar-refractivity contribution in [2.75, 3.05) is 0 Å². The maximum absolute atomic E-state index is 11.0. The summed E-state index contributed by atoms with van der Waals surface area (Å²) >= 11 is 14.0. The van der Waals surface area contributed by atoms with Crippen LogP contribution in [0.25, 0.3) is 66.8 Å². The highest BCUT2D eigenvalue weighted by molar-refractivity contribution is 7.17. The Balaban J connectivity index is 0.000000140. The lowest BCUT2D eigenvalue weighted by Gasteiger charge is -2.03. The highest BCUT2D eigenvalue weighted by Gasteiger charge is 2.13. The fourth-order valence-electron chi connectivity index (χ4n) is 4.12. The molecule has 2 aromatic carbocycles. The van der Waals surface area contributed by atoms with Crippen LogP contribution in [-0.4, -0.2) is 65.7 Å². The third kappa shape index (κ3) is 5.32. The van der Waals surface area contributed by atoms with Crippen molar-refractivity contribution in [3.8, 4) is 45.6 Å². The first-order valence-corrected chi connectivity index (χ1v) is 13.8. The summed E-state index contributed by atoms with van der Waals surface area (Å²) in [5.74, 6) is 0.0159. The first-order valence-electron chi connectivity index (χ1n) is 12.1. The molecule has 8 rings (SSSR count). The number of imidazole rings is 1. The number of nitrogens with one attached hydrogen (secondary N) is 3. The molecule has 0 saturated carbocycles. The number of thiazole rings is 1. The number of fused-ring (bicyclic) bond motifs is 2. The number of aromatic amines is 3. The molecule has 0 atom stereocenters. The van der Waals surface area contributed by atoms with Crippen LogP contribution in [0.5, 0.6) is 0 Å². The van der Waals surface area contributed by atoms with Crippen LogP contribution in [0.3, 0.4) is 0 Å². The van der Waals surface area contributed by atoms with Gasteiger partial charge in [-0.2, -0.15) is 5.21 Å². The molecular weight excluding hydrogens is 617 g/mol. The number of hydrogen-bond donors (Lipinski definition) is 3. The maximum Gasteiger partial charge on any atom is 0.439 e. The van der Waals surface area contributed by atoms with Gasteiger partial charge in [0.1, 0.15) is 24.0 Å². The molecule has 0 aliphatic heterocycles. The number of nitrogens with zero attached hydrogens (tertiary/aromatic N) is 10. The minimum atomic E-state index is -0.637. The van der Waals surface area contributed by atoms with E-state index in [9.17, 15) is 4.79 Å². The lowest BCUT2D eigenvalue weighted by Crippen LogP contribution is -1.96. The largest absolute Gasteiger partial charge is 0.439 e. The number of halogens is 2. The highest BCUT2D eigenvalue weighted by atomic mass is 35.5. The predicted octanol–water partition coefficient (Wildman–Crippen LogP) is 4.60. The van der Waals surface area contributed by atoms with Gasteiger partial charge in [0.25, 0.3) is 0 Å². The van der Waals surface area contributed by atoms with Crippen LogP contribution in [0, 0.1) is 0 Å². The van der Waals surface area contributed by atoms with Crippen LogP contribution in [-0.2, 0) is 0 Å². The van der Waals surface area contributed by atoms with Gasteiger partial charge < -0.3 is 4.98 Å².